The van der Waals surface area contributed by atoms with Crippen LogP contribution in [0.1, 0.15) is 40.0 Å². The lowest BCUT2D eigenvalue weighted by molar-refractivity contribution is 0.114. The number of hydrogen-bond acceptors (Lipinski definition) is 1. The van der Waals surface area contributed by atoms with Crippen molar-refractivity contribution in [1.82, 2.24) is 4.90 Å². The van der Waals surface area contributed by atoms with Crippen LogP contribution in [0.2, 0.25) is 0 Å². The number of piperidine rings is 1. The van der Waals surface area contributed by atoms with Gasteiger partial charge < -0.3 is 4.90 Å². The number of hydrogen-bond donors (Lipinski definition) is 0. The lowest BCUT2D eigenvalue weighted by Crippen LogP contribution is -2.38. The maximum absolute atomic E-state index is 5.27. The molecule has 0 spiro atoms. The van der Waals surface area contributed by atoms with Gasteiger partial charge in [-0.1, -0.05) is 20.8 Å². The van der Waals surface area contributed by atoms with Crippen molar-refractivity contribution in [3.05, 3.63) is 0 Å². The van der Waals surface area contributed by atoms with Crippen molar-refractivity contribution in [3.8, 4) is 12.3 Å². The van der Waals surface area contributed by atoms with Gasteiger partial charge in [0.05, 0.1) is 0 Å². The van der Waals surface area contributed by atoms with Crippen LogP contribution in [-0.4, -0.2) is 24.5 Å². The van der Waals surface area contributed by atoms with Crippen molar-refractivity contribution < 1.29 is 0 Å². The van der Waals surface area contributed by atoms with E-state index in [0.29, 0.717) is 5.41 Å². The van der Waals surface area contributed by atoms with Gasteiger partial charge in [-0.2, -0.15) is 0 Å². The molecule has 0 unspecified atom stereocenters. The second-order valence-electron chi connectivity index (χ2n) is 5.44. The average Bonchev–Trinajstić information content (AvgIpc) is 2.14. The van der Waals surface area contributed by atoms with Crippen LogP contribution in [-0.2, 0) is 0 Å². The molecule has 1 heterocycles. The minimum Gasteiger partial charge on any atom is -0.302 e. The van der Waals surface area contributed by atoms with Crippen molar-refractivity contribution in [3.63, 3.8) is 0 Å². The zero-order valence-corrected chi connectivity index (χ0v) is 9.84. The highest BCUT2D eigenvalue weighted by atomic mass is 15.1. The first kappa shape index (κ1) is 11.6. The molecule has 0 atom stereocenters. The molecular weight excluding hydrogens is 170 g/mol. The van der Waals surface area contributed by atoms with Crippen molar-refractivity contribution in [2.75, 3.05) is 19.6 Å². The first-order valence-electron chi connectivity index (χ1n) is 5.70. The molecule has 0 aromatic heterocycles. The van der Waals surface area contributed by atoms with E-state index in [-0.39, 0.29) is 0 Å². The Kier molecular flexibility index (Phi) is 4.01. The van der Waals surface area contributed by atoms with E-state index >= 15 is 0 Å². The summed E-state index contributed by atoms with van der Waals surface area (Å²) >= 11 is 0. The molecule has 0 radical (unpaired) electrons. The van der Waals surface area contributed by atoms with Gasteiger partial charge in [0.15, 0.2) is 0 Å². The normalized spacial score (nSPS) is 20.7. The minimum absolute atomic E-state index is 0.484. The molecular formula is C13H23N. The second-order valence-corrected chi connectivity index (χ2v) is 5.44. The van der Waals surface area contributed by atoms with Crippen LogP contribution in [0.5, 0.6) is 0 Å². The molecule has 1 saturated heterocycles. The Labute approximate surface area is 88.9 Å². The Morgan fingerprint density at radius 3 is 2.29 bits per heavy atom. The molecule has 0 amide bonds. The fourth-order valence-electron chi connectivity index (χ4n) is 2.25. The number of terminal acetylenes is 1. The van der Waals surface area contributed by atoms with Crippen molar-refractivity contribution in [2.45, 2.75) is 40.0 Å². The van der Waals surface area contributed by atoms with Gasteiger partial charge in [0.2, 0.25) is 0 Å². The molecule has 1 aliphatic heterocycles. The topological polar surface area (TPSA) is 3.24 Å². The molecule has 1 rings (SSSR count). The first-order chi connectivity index (χ1) is 6.54. The Hall–Kier alpha value is -0.480. The molecule has 0 N–H and O–H groups in total. The van der Waals surface area contributed by atoms with Crippen molar-refractivity contribution >= 4 is 0 Å². The predicted molar refractivity (Wildman–Crippen MR) is 62.1 cm³/mol. The van der Waals surface area contributed by atoms with Gasteiger partial charge in [-0.3, -0.25) is 0 Å². The summed E-state index contributed by atoms with van der Waals surface area (Å²) in [6, 6.07) is 0. The third-order valence-electron chi connectivity index (χ3n) is 3.38. The fraction of sp³-hybridized carbons (Fsp3) is 0.846. The minimum atomic E-state index is 0.484. The van der Waals surface area contributed by atoms with Crippen LogP contribution in [0, 0.1) is 23.7 Å². The van der Waals surface area contributed by atoms with Gasteiger partial charge in [0.1, 0.15) is 0 Å². The average molecular weight is 193 g/mol. The highest BCUT2D eigenvalue weighted by Crippen LogP contribution is 2.34. The zero-order chi connectivity index (χ0) is 10.6. The fourth-order valence-corrected chi connectivity index (χ4v) is 2.25. The van der Waals surface area contributed by atoms with Crippen molar-refractivity contribution in [2.24, 2.45) is 11.3 Å². The highest BCUT2D eigenvalue weighted by Gasteiger charge is 2.28. The molecule has 1 heteroatoms. The van der Waals surface area contributed by atoms with E-state index < -0.39 is 0 Å². The van der Waals surface area contributed by atoms with E-state index in [0.717, 1.165) is 18.9 Å². The molecule has 0 aliphatic carbocycles. The SMILES string of the molecule is C#CCCN1CCC(C(C)(C)C)CC1. The summed E-state index contributed by atoms with van der Waals surface area (Å²) in [7, 11) is 0. The first-order valence-corrected chi connectivity index (χ1v) is 5.70. The van der Waals surface area contributed by atoms with Crippen molar-refractivity contribution in [1.29, 1.82) is 0 Å². The van der Waals surface area contributed by atoms with Gasteiger partial charge >= 0.3 is 0 Å². The van der Waals surface area contributed by atoms with Gasteiger partial charge in [-0.05, 0) is 37.3 Å². The van der Waals surface area contributed by atoms with Gasteiger partial charge in [0, 0.05) is 13.0 Å². The number of nitrogens with zero attached hydrogens (tertiary/aromatic N) is 1. The molecule has 0 bridgehead atoms. The third-order valence-corrected chi connectivity index (χ3v) is 3.38. The molecule has 1 aliphatic rings. The maximum Gasteiger partial charge on any atom is 0.0214 e. The monoisotopic (exact) mass is 193 g/mol. The number of rotatable bonds is 2. The Morgan fingerprint density at radius 1 is 1.29 bits per heavy atom. The summed E-state index contributed by atoms with van der Waals surface area (Å²) in [5, 5.41) is 0. The quantitative estimate of drug-likeness (QED) is 0.610. The van der Waals surface area contributed by atoms with Crippen LogP contribution in [0.25, 0.3) is 0 Å². The summed E-state index contributed by atoms with van der Waals surface area (Å²) in [5.74, 6) is 3.61. The summed E-state index contributed by atoms with van der Waals surface area (Å²) in [5.41, 5.74) is 0.484. The summed E-state index contributed by atoms with van der Waals surface area (Å²) in [4.78, 5) is 2.50. The van der Waals surface area contributed by atoms with E-state index in [1.165, 1.54) is 25.9 Å². The highest BCUT2D eigenvalue weighted by molar-refractivity contribution is 4.86. The summed E-state index contributed by atoms with van der Waals surface area (Å²) in [6.45, 7) is 10.6. The van der Waals surface area contributed by atoms with Gasteiger partial charge in [-0.25, -0.2) is 0 Å². The van der Waals surface area contributed by atoms with E-state index in [4.69, 9.17) is 6.42 Å². The van der Waals surface area contributed by atoms with E-state index in [1.54, 1.807) is 0 Å². The van der Waals surface area contributed by atoms with Crippen LogP contribution < -0.4 is 0 Å². The molecule has 0 aromatic rings. The molecule has 1 nitrogen and oxygen atoms in total. The number of likely N-dealkylation sites (tertiary alicyclic amines) is 1. The van der Waals surface area contributed by atoms with Crippen LogP contribution in [0.3, 0.4) is 0 Å². The smallest absolute Gasteiger partial charge is 0.0214 e. The lowest BCUT2D eigenvalue weighted by atomic mass is 9.75. The van der Waals surface area contributed by atoms with Crippen LogP contribution in [0.15, 0.2) is 0 Å². The Balaban J connectivity index is 2.29. The van der Waals surface area contributed by atoms with Gasteiger partial charge in [-0.15, -0.1) is 12.3 Å². The molecule has 1 fully saturated rings. The molecule has 14 heavy (non-hydrogen) atoms. The van der Waals surface area contributed by atoms with Gasteiger partial charge in [0.25, 0.3) is 0 Å². The lowest BCUT2D eigenvalue weighted by Gasteiger charge is -2.38. The Bertz CT molecular complexity index is 198. The molecule has 0 aromatic carbocycles. The van der Waals surface area contributed by atoms with Crippen LogP contribution in [0.4, 0.5) is 0 Å². The van der Waals surface area contributed by atoms with E-state index in [2.05, 4.69) is 31.6 Å². The second kappa shape index (κ2) is 4.84. The van der Waals surface area contributed by atoms with Crippen LogP contribution >= 0.6 is 0 Å². The van der Waals surface area contributed by atoms with E-state index in [1.807, 2.05) is 0 Å². The Morgan fingerprint density at radius 2 is 1.86 bits per heavy atom. The third kappa shape index (κ3) is 3.35. The maximum atomic E-state index is 5.27. The molecule has 0 saturated carbocycles. The summed E-state index contributed by atoms with van der Waals surface area (Å²) < 4.78 is 0. The largest absolute Gasteiger partial charge is 0.302 e. The summed E-state index contributed by atoms with van der Waals surface area (Å²) in [6.07, 6.45) is 8.85. The predicted octanol–water partition coefficient (Wildman–Crippen LogP) is 2.77. The molecule has 80 valence electrons. The van der Waals surface area contributed by atoms with E-state index in [9.17, 15) is 0 Å². The zero-order valence-electron chi connectivity index (χ0n) is 9.84. The standard InChI is InChI=1S/C13H23N/c1-5-6-9-14-10-7-12(8-11-14)13(2,3)4/h1,12H,6-11H2,2-4H3.